The maximum absolute atomic E-state index is 5.53. The van der Waals surface area contributed by atoms with Crippen molar-refractivity contribution in [3.63, 3.8) is 0 Å². The fourth-order valence-corrected chi connectivity index (χ4v) is 1.02. The van der Waals surface area contributed by atoms with Gasteiger partial charge in [-0.3, -0.25) is 0 Å². The quantitative estimate of drug-likeness (QED) is 0.705. The molecule has 8 nitrogen and oxygen atoms in total. The fraction of sp³-hybridized carbons (Fsp3) is 0.222. The van der Waals surface area contributed by atoms with Crippen molar-refractivity contribution in [2.75, 3.05) is 5.73 Å². The molecule has 0 saturated carbocycles. The number of ether oxygens (including phenoxy) is 1. The lowest BCUT2D eigenvalue weighted by Crippen LogP contribution is -2.14. The maximum atomic E-state index is 5.53. The van der Waals surface area contributed by atoms with Crippen molar-refractivity contribution in [2.45, 2.75) is 13.0 Å². The molecule has 0 saturated heterocycles. The molecular formula is C9H9N7O. The van der Waals surface area contributed by atoms with Crippen LogP contribution in [0.5, 0.6) is 6.01 Å². The van der Waals surface area contributed by atoms with Crippen LogP contribution in [0.4, 0.5) is 5.95 Å². The second kappa shape index (κ2) is 4.44. The molecule has 2 aromatic rings. The first-order valence-corrected chi connectivity index (χ1v) is 4.68. The van der Waals surface area contributed by atoms with Gasteiger partial charge < -0.3 is 10.5 Å². The van der Waals surface area contributed by atoms with Crippen LogP contribution in [-0.4, -0.2) is 35.8 Å². The van der Waals surface area contributed by atoms with Crippen molar-refractivity contribution < 1.29 is 4.74 Å². The maximum Gasteiger partial charge on any atom is 0.324 e. The summed E-state index contributed by atoms with van der Waals surface area (Å²) < 4.78 is 6.58. The van der Waals surface area contributed by atoms with Gasteiger partial charge in [0.25, 0.3) is 5.95 Å². The predicted molar refractivity (Wildman–Crippen MR) is 58.1 cm³/mol. The van der Waals surface area contributed by atoms with Gasteiger partial charge in [0.05, 0.1) is 0 Å². The third-order valence-electron chi connectivity index (χ3n) is 1.76. The summed E-state index contributed by atoms with van der Waals surface area (Å²) in [5.74, 6) is 2.62. The van der Waals surface area contributed by atoms with Crippen molar-refractivity contribution in [1.82, 2.24) is 29.7 Å². The summed E-state index contributed by atoms with van der Waals surface area (Å²) >= 11 is 0. The summed E-state index contributed by atoms with van der Waals surface area (Å²) in [5.41, 5.74) is 5.53. The lowest BCUT2D eigenvalue weighted by Gasteiger charge is -2.07. The average Bonchev–Trinajstić information content (AvgIpc) is 2.81. The van der Waals surface area contributed by atoms with E-state index in [0.717, 1.165) is 0 Å². The van der Waals surface area contributed by atoms with Crippen LogP contribution in [0.15, 0.2) is 12.7 Å². The second-order valence-corrected chi connectivity index (χ2v) is 3.04. The number of anilines is 1. The number of hydrogen-bond acceptors (Lipinski definition) is 7. The Morgan fingerprint density at radius 1 is 1.47 bits per heavy atom. The van der Waals surface area contributed by atoms with E-state index in [-0.39, 0.29) is 17.9 Å². The van der Waals surface area contributed by atoms with Crippen LogP contribution in [0, 0.1) is 12.3 Å². The molecule has 2 heterocycles. The smallest absolute Gasteiger partial charge is 0.324 e. The molecule has 17 heavy (non-hydrogen) atoms. The minimum Gasteiger partial charge on any atom is -0.447 e. The normalized spacial score (nSPS) is 11.8. The minimum atomic E-state index is -0.458. The van der Waals surface area contributed by atoms with Crippen molar-refractivity contribution >= 4 is 5.95 Å². The van der Waals surface area contributed by atoms with Crippen LogP contribution < -0.4 is 10.5 Å². The first-order chi connectivity index (χ1) is 8.19. The van der Waals surface area contributed by atoms with Gasteiger partial charge in [0, 0.05) is 0 Å². The minimum absolute atomic E-state index is 0.0183. The predicted octanol–water partition coefficient (Wildman–Crippen LogP) is -0.565. The van der Waals surface area contributed by atoms with Gasteiger partial charge in [-0.1, -0.05) is 5.92 Å². The highest BCUT2D eigenvalue weighted by Crippen LogP contribution is 2.09. The molecule has 1 atom stereocenters. The number of nitrogens with zero attached hydrogens (tertiary/aromatic N) is 6. The Morgan fingerprint density at radius 3 is 2.94 bits per heavy atom. The monoisotopic (exact) mass is 231 g/mol. The van der Waals surface area contributed by atoms with E-state index in [0.29, 0.717) is 0 Å². The first kappa shape index (κ1) is 10.8. The summed E-state index contributed by atoms with van der Waals surface area (Å²) in [6, 6.07) is 0.0495. The van der Waals surface area contributed by atoms with Crippen molar-refractivity contribution in [3.05, 3.63) is 12.7 Å². The second-order valence-electron chi connectivity index (χ2n) is 3.04. The molecule has 2 rings (SSSR count). The van der Waals surface area contributed by atoms with Gasteiger partial charge in [0.1, 0.15) is 12.7 Å². The van der Waals surface area contributed by atoms with Gasteiger partial charge >= 0.3 is 6.01 Å². The summed E-state index contributed by atoms with van der Waals surface area (Å²) in [4.78, 5) is 15.5. The molecule has 86 valence electrons. The molecule has 2 aromatic heterocycles. The third-order valence-corrected chi connectivity index (χ3v) is 1.76. The Balaban J connectivity index is 2.34. The highest BCUT2D eigenvalue weighted by Gasteiger charge is 2.09. The van der Waals surface area contributed by atoms with Crippen LogP contribution in [0.2, 0.25) is 0 Å². The number of nitrogen functional groups attached to an aromatic ring is 1. The topological polar surface area (TPSA) is 105 Å². The molecule has 0 bridgehead atoms. The van der Waals surface area contributed by atoms with Gasteiger partial charge in [-0.25, -0.2) is 4.98 Å². The van der Waals surface area contributed by atoms with E-state index in [1.807, 2.05) is 0 Å². The Kier molecular flexibility index (Phi) is 2.83. The molecule has 2 N–H and O–H groups in total. The van der Waals surface area contributed by atoms with Crippen LogP contribution in [0.3, 0.4) is 0 Å². The Hall–Kier alpha value is -2.69. The highest BCUT2D eigenvalue weighted by atomic mass is 16.5. The van der Waals surface area contributed by atoms with Gasteiger partial charge in [-0.15, -0.1) is 6.42 Å². The van der Waals surface area contributed by atoms with Gasteiger partial charge in [-0.2, -0.15) is 24.7 Å². The Morgan fingerprint density at radius 2 is 2.29 bits per heavy atom. The van der Waals surface area contributed by atoms with E-state index in [9.17, 15) is 0 Å². The Labute approximate surface area is 96.9 Å². The largest absolute Gasteiger partial charge is 0.447 e. The summed E-state index contributed by atoms with van der Waals surface area (Å²) in [6.07, 6.45) is 7.51. The zero-order valence-corrected chi connectivity index (χ0v) is 8.98. The van der Waals surface area contributed by atoms with Crippen molar-refractivity contribution in [1.29, 1.82) is 0 Å². The molecule has 1 unspecified atom stereocenters. The van der Waals surface area contributed by atoms with Crippen molar-refractivity contribution in [2.24, 2.45) is 0 Å². The van der Waals surface area contributed by atoms with Gasteiger partial charge in [-0.05, 0) is 6.92 Å². The molecular weight excluding hydrogens is 222 g/mol. The number of aromatic nitrogens is 6. The molecule has 0 aliphatic heterocycles. The van der Waals surface area contributed by atoms with Crippen molar-refractivity contribution in [3.8, 4) is 24.3 Å². The molecule has 0 fully saturated rings. The SMILES string of the molecule is C#CC(C)Oc1nc(N)nc(-n2cncn2)n1. The summed E-state index contributed by atoms with van der Waals surface area (Å²) in [5, 5.41) is 3.87. The summed E-state index contributed by atoms with van der Waals surface area (Å²) in [7, 11) is 0. The van der Waals surface area contributed by atoms with Crippen LogP contribution in [0.25, 0.3) is 5.95 Å². The molecule has 0 spiro atoms. The average molecular weight is 231 g/mol. The van der Waals surface area contributed by atoms with E-state index in [1.165, 1.54) is 17.3 Å². The van der Waals surface area contributed by atoms with Crippen LogP contribution in [0.1, 0.15) is 6.92 Å². The number of terminal acetylenes is 1. The lowest BCUT2D eigenvalue weighted by molar-refractivity contribution is 0.255. The molecule has 0 radical (unpaired) electrons. The highest BCUT2D eigenvalue weighted by molar-refractivity contribution is 5.24. The number of hydrogen-bond donors (Lipinski definition) is 1. The molecule has 0 aromatic carbocycles. The third kappa shape index (κ3) is 2.46. The lowest BCUT2D eigenvalue weighted by atomic mass is 10.4. The number of nitrogens with two attached hydrogens (primary N) is 1. The molecule has 0 aliphatic rings. The molecule has 8 heteroatoms. The van der Waals surface area contributed by atoms with E-state index in [4.69, 9.17) is 16.9 Å². The van der Waals surface area contributed by atoms with Crippen LogP contribution >= 0.6 is 0 Å². The first-order valence-electron chi connectivity index (χ1n) is 4.68. The zero-order valence-electron chi connectivity index (χ0n) is 8.98. The fourth-order valence-electron chi connectivity index (χ4n) is 1.02. The molecule has 0 amide bonds. The van der Waals surface area contributed by atoms with E-state index < -0.39 is 6.10 Å². The van der Waals surface area contributed by atoms with Crippen LogP contribution in [-0.2, 0) is 0 Å². The zero-order chi connectivity index (χ0) is 12.3. The van der Waals surface area contributed by atoms with Gasteiger partial charge in [0.15, 0.2) is 6.10 Å². The standard InChI is InChI=1S/C9H9N7O/c1-3-6(2)17-9-14-7(10)13-8(15-9)16-5-11-4-12-16/h1,4-6H,2H3,(H2,10,13,14,15). The van der Waals surface area contributed by atoms with Gasteiger partial charge in [0.2, 0.25) is 5.95 Å². The Bertz CT molecular complexity index is 545. The summed E-state index contributed by atoms with van der Waals surface area (Å²) in [6.45, 7) is 1.69. The molecule has 0 aliphatic carbocycles. The van der Waals surface area contributed by atoms with E-state index in [1.54, 1.807) is 6.92 Å². The van der Waals surface area contributed by atoms with E-state index in [2.05, 4.69) is 31.0 Å². The number of rotatable bonds is 3. The van der Waals surface area contributed by atoms with E-state index >= 15 is 0 Å².